The smallest absolute Gasteiger partial charge is 0.352 e. The molecule has 0 aliphatic carbocycles. The van der Waals surface area contributed by atoms with Crippen LogP contribution in [0.4, 0.5) is 0 Å². The van der Waals surface area contributed by atoms with Crippen molar-refractivity contribution in [1.29, 1.82) is 0 Å². The monoisotopic (exact) mass is 569 g/mol. The predicted molar refractivity (Wildman–Crippen MR) is 127 cm³/mol. The highest BCUT2D eigenvalue weighted by Gasteiger charge is 2.66. The number of tetrazole rings is 1. The number of methoxy groups -OCH3 is 1. The number of amides is 2. The van der Waals surface area contributed by atoms with Gasteiger partial charge in [-0.1, -0.05) is 18.7 Å². The van der Waals surface area contributed by atoms with Crippen molar-refractivity contribution in [2.45, 2.75) is 40.9 Å². The second-order valence-electron chi connectivity index (χ2n) is 7.21. The molecule has 2 aliphatic rings. The highest BCUT2D eigenvalue weighted by molar-refractivity contribution is 8.01. The molecular formula is C16H23N7O8S4. The average molecular weight is 570 g/mol. The molecule has 3 heterocycles. The molecule has 194 valence electrons. The number of carboxylic acids is 1. The molecule has 1 fully saturated rings. The molecule has 3 rings (SSSR count). The number of hydrogen-bond acceptors (Lipinski definition) is 13. The average Bonchev–Trinajstić information content (AvgIpc) is 3.27. The lowest BCUT2D eigenvalue weighted by Gasteiger charge is -2.56. The number of carboxylic acid groups (broad SMARTS) is 1. The van der Waals surface area contributed by atoms with E-state index in [-0.39, 0.29) is 22.4 Å². The first-order valence-corrected chi connectivity index (χ1v) is 14.5. The lowest BCUT2D eigenvalue weighted by Crippen LogP contribution is -2.81. The van der Waals surface area contributed by atoms with Crippen LogP contribution in [-0.4, -0.2) is 102 Å². The number of thioether (sulfide) groups is 3. The second-order valence-corrected chi connectivity index (χ2v) is 12.4. The zero-order valence-corrected chi connectivity index (χ0v) is 21.9. The van der Waals surface area contributed by atoms with Crippen LogP contribution in [0.3, 0.4) is 0 Å². The number of nitrogens with zero attached hydrogens (tertiary/aromatic N) is 5. The van der Waals surface area contributed by atoms with Crippen molar-refractivity contribution in [3.05, 3.63) is 11.3 Å². The third-order valence-corrected chi connectivity index (χ3v) is 9.52. The van der Waals surface area contributed by atoms with Gasteiger partial charge in [0.05, 0.1) is 0 Å². The van der Waals surface area contributed by atoms with Crippen LogP contribution in [0.5, 0.6) is 0 Å². The third kappa shape index (κ3) is 5.16. The largest absolute Gasteiger partial charge is 0.477 e. The molecule has 19 heteroatoms. The van der Waals surface area contributed by atoms with Gasteiger partial charge in [-0.05, 0) is 28.7 Å². The summed E-state index contributed by atoms with van der Waals surface area (Å²) in [6, 6.07) is 0. The number of nitrogens with two attached hydrogens (primary N) is 1. The van der Waals surface area contributed by atoms with Gasteiger partial charge in [-0.2, -0.15) is 13.1 Å². The molecule has 35 heavy (non-hydrogen) atoms. The molecule has 0 radical (unpaired) electrons. The Morgan fingerprint density at radius 2 is 2.14 bits per heavy atom. The summed E-state index contributed by atoms with van der Waals surface area (Å²) < 4.78 is 38.4. The van der Waals surface area contributed by atoms with Crippen molar-refractivity contribution in [2.24, 2.45) is 5.73 Å². The Hall–Kier alpha value is -1.90. The Morgan fingerprint density at radius 1 is 1.46 bits per heavy atom. The summed E-state index contributed by atoms with van der Waals surface area (Å²) in [5, 5.41) is 19.9. The lowest BCUT2D eigenvalue weighted by atomic mass is 9.98. The summed E-state index contributed by atoms with van der Waals surface area (Å²) in [7, 11) is -3.24. The van der Waals surface area contributed by atoms with E-state index < -0.39 is 49.7 Å². The molecule has 5 N–H and O–H groups in total. The summed E-state index contributed by atoms with van der Waals surface area (Å²) in [6.07, 6.45) is 0. The Balaban J connectivity index is 1.83. The standard InChI is InChI=1S/C16H23N7O8S4/c1-4-32-10(17)11(24)18-16(31-3)13(27)22-9(12(25)26)8(5-33-14(16)22)6-34-15-19-20-21-23(15)7(2)35(28,29)30/h7,10,14H,4-6,17H2,1-3H3,(H,18,24)(H,25,26)(H,28,29,30)/t7?,10?,14-,16-/m0/s1. The molecule has 1 aromatic rings. The molecule has 4 atom stereocenters. The molecule has 0 spiro atoms. The van der Waals surface area contributed by atoms with Crippen LogP contribution in [0.15, 0.2) is 16.4 Å². The van der Waals surface area contributed by atoms with E-state index in [2.05, 4.69) is 20.8 Å². The molecule has 0 saturated carbocycles. The van der Waals surface area contributed by atoms with E-state index in [0.717, 1.165) is 21.3 Å². The molecule has 0 aromatic carbocycles. The summed E-state index contributed by atoms with van der Waals surface area (Å²) in [5.41, 5.74) is 4.12. The number of nitrogens with one attached hydrogen (secondary N) is 1. The predicted octanol–water partition coefficient (Wildman–Crippen LogP) is -1.08. The molecule has 0 bridgehead atoms. The number of ether oxygens (including phenoxy) is 1. The van der Waals surface area contributed by atoms with Gasteiger partial charge < -0.3 is 20.9 Å². The number of hydrogen-bond donors (Lipinski definition) is 4. The Morgan fingerprint density at radius 3 is 2.71 bits per heavy atom. The maximum absolute atomic E-state index is 13.1. The van der Waals surface area contributed by atoms with E-state index in [4.69, 9.17) is 10.5 Å². The minimum Gasteiger partial charge on any atom is -0.477 e. The second kappa shape index (κ2) is 10.6. The van der Waals surface area contributed by atoms with Crippen molar-refractivity contribution >= 4 is 63.2 Å². The Labute approximate surface area is 212 Å². The number of β-lactam (4-membered cyclic amide) rings is 1. The molecular weight excluding hydrogens is 546 g/mol. The molecule has 1 saturated heterocycles. The van der Waals surface area contributed by atoms with Gasteiger partial charge in [0.15, 0.2) is 5.37 Å². The van der Waals surface area contributed by atoms with Crippen molar-refractivity contribution < 1.29 is 37.2 Å². The fourth-order valence-electron chi connectivity index (χ4n) is 3.35. The topological polar surface area (TPSA) is 220 Å². The van der Waals surface area contributed by atoms with E-state index in [1.54, 1.807) is 0 Å². The Kier molecular flexibility index (Phi) is 8.39. The van der Waals surface area contributed by atoms with Crippen LogP contribution in [0, 0.1) is 0 Å². The first kappa shape index (κ1) is 27.7. The molecule has 2 unspecified atom stereocenters. The van der Waals surface area contributed by atoms with E-state index >= 15 is 0 Å². The van der Waals surface area contributed by atoms with E-state index in [1.165, 1.54) is 37.6 Å². The zero-order chi connectivity index (χ0) is 26.1. The summed E-state index contributed by atoms with van der Waals surface area (Å²) in [6.45, 7) is 3.00. The van der Waals surface area contributed by atoms with E-state index in [9.17, 15) is 32.5 Å². The van der Waals surface area contributed by atoms with Gasteiger partial charge in [-0.15, -0.1) is 28.6 Å². The van der Waals surface area contributed by atoms with Crippen LogP contribution in [0.2, 0.25) is 0 Å². The van der Waals surface area contributed by atoms with Crippen LogP contribution in [0.25, 0.3) is 0 Å². The summed E-state index contributed by atoms with van der Waals surface area (Å²) >= 11 is 3.30. The maximum Gasteiger partial charge on any atom is 0.352 e. The van der Waals surface area contributed by atoms with Crippen molar-refractivity contribution in [3.63, 3.8) is 0 Å². The van der Waals surface area contributed by atoms with Gasteiger partial charge >= 0.3 is 5.97 Å². The first-order chi connectivity index (χ1) is 16.4. The molecule has 15 nitrogen and oxygen atoms in total. The molecule has 1 aromatic heterocycles. The third-order valence-electron chi connectivity index (χ3n) is 5.16. The number of carbonyl (C=O) groups excluding carboxylic acids is 2. The number of aromatic nitrogens is 4. The molecule has 2 amide bonds. The number of rotatable bonds is 11. The van der Waals surface area contributed by atoms with Gasteiger partial charge in [-0.3, -0.25) is 19.0 Å². The van der Waals surface area contributed by atoms with Crippen molar-refractivity contribution in [3.8, 4) is 0 Å². The van der Waals surface area contributed by atoms with Gasteiger partial charge in [0, 0.05) is 18.6 Å². The highest BCUT2D eigenvalue weighted by atomic mass is 32.2. The quantitative estimate of drug-likeness (QED) is 0.108. The summed E-state index contributed by atoms with van der Waals surface area (Å²) in [5.74, 6) is -1.99. The molecule has 2 aliphatic heterocycles. The number of fused-ring (bicyclic) bond motifs is 1. The SMILES string of the molecule is CCSC(N)C(=O)N[C@]1(OC)C(=O)N2C(C(=O)O)=C(CSc3nnnn3C(C)S(=O)(=O)O)CS[C@H]21. The highest BCUT2D eigenvalue weighted by Crippen LogP contribution is 2.47. The normalized spacial score (nSPS) is 24.0. The Bertz CT molecular complexity index is 1160. The van der Waals surface area contributed by atoms with Crippen LogP contribution in [0.1, 0.15) is 19.2 Å². The number of carbonyl (C=O) groups is 3. The maximum atomic E-state index is 13.1. The van der Waals surface area contributed by atoms with E-state index in [0.29, 0.717) is 11.3 Å². The minimum atomic E-state index is -4.48. The van der Waals surface area contributed by atoms with Crippen LogP contribution >= 0.6 is 35.3 Å². The van der Waals surface area contributed by atoms with E-state index in [1.807, 2.05) is 6.92 Å². The lowest BCUT2D eigenvalue weighted by molar-refractivity contribution is -0.192. The van der Waals surface area contributed by atoms with Crippen molar-refractivity contribution in [2.75, 3.05) is 24.4 Å². The van der Waals surface area contributed by atoms with Gasteiger partial charge in [0.1, 0.15) is 16.4 Å². The van der Waals surface area contributed by atoms with Crippen LogP contribution in [-0.2, 0) is 29.2 Å². The van der Waals surface area contributed by atoms with Crippen LogP contribution < -0.4 is 11.1 Å². The van der Waals surface area contributed by atoms with Gasteiger partial charge in [-0.25, -0.2) is 4.79 Å². The van der Waals surface area contributed by atoms with Gasteiger partial charge in [0.2, 0.25) is 11.1 Å². The van der Waals surface area contributed by atoms with Crippen molar-refractivity contribution in [1.82, 2.24) is 30.4 Å². The number of aliphatic carboxylic acids is 1. The zero-order valence-electron chi connectivity index (χ0n) is 18.6. The van der Waals surface area contributed by atoms with Gasteiger partial charge in [0.25, 0.3) is 21.8 Å². The minimum absolute atomic E-state index is 0.00799. The fourth-order valence-corrected chi connectivity index (χ4v) is 6.91. The fraction of sp³-hybridized carbons (Fsp3) is 0.625. The first-order valence-electron chi connectivity index (χ1n) is 9.90. The summed E-state index contributed by atoms with van der Waals surface area (Å²) in [4.78, 5) is 38.7.